The molecule has 1 atom stereocenters. The van der Waals surface area contributed by atoms with E-state index < -0.39 is 10.7 Å². The largest absolute Gasteiger partial charge is 0.436 e. The Bertz CT molecular complexity index is 689. The van der Waals surface area contributed by atoms with Crippen molar-refractivity contribution in [3.05, 3.63) is 57.5 Å². The number of nitro benzene ring substituents is 1. The molecule has 1 aromatic heterocycles. The third-order valence-corrected chi connectivity index (χ3v) is 2.94. The number of nitrogens with two attached hydrogens (primary N) is 1. The van der Waals surface area contributed by atoms with Crippen LogP contribution < -0.4 is 10.5 Å². The minimum absolute atomic E-state index is 0.126. The molecule has 6 nitrogen and oxygen atoms in total. The monoisotopic (exact) mass is 291 g/mol. The van der Waals surface area contributed by atoms with Gasteiger partial charge >= 0.3 is 0 Å². The highest BCUT2D eigenvalue weighted by Gasteiger charge is 2.18. The molecule has 0 aliphatic rings. The molecule has 0 aliphatic heterocycles. The number of nitrogens with zero attached hydrogens (tertiary/aromatic N) is 2. The van der Waals surface area contributed by atoms with Gasteiger partial charge in [-0.2, -0.15) is 0 Å². The van der Waals surface area contributed by atoms with Crippen molar-refractivity contribution in [2.75, 3.05) is 0 Å². The lowest BCUT2D eigenvalue weighted by atomic mass is 10.1. The lowest BCUT2D eigenvalue weighted by Crippen LogP contribution is -2.08. The number of hydrogen-bond acceptors (Lipinski definition) is 5. The number of pyridine rings is 1. The zero-order valence-electron chi connectivity index (χ0n) is 11.5. The smallest absolute Gasteiger partial charge is 0.275 e. The highest BCUT2D eigenvalue weighted by atomic mass is 19.1. The summed E-state index contributed by atoms with van der Waals surface area (Å²) in [5.74, 6) is -0.771. The minimum atomic E-state index is -0.825. The van der Waals surface area contributed by atoms with Gasteiger partial charge in [-0.25, -0.2) is 9.37 Å². The van der Waals surface area contributed by atoms with Crippen LogP contribution in [-0.2, 0) is 0 Å². The number of nitro groups is 1. The number of benzene rings is 1. The van der Waals surface area contributed by atoms with E-state index in [2.05, 4.69) is 4.98 Å². The van der Waals surface area contributed by atoms with Crippen LogP contribution in [0.5, 0.6) is 11.6 Å². The first-order valence-electron chi connectivity index (χ1n) is 6.23. The van der Waals surface area contributed by atoms with Crippen LogP contribution in [-0.4, -0.2) is 9.91 Å². The molecule has 0 fully saturated rings. The lowest BCUT2D eigenvalue weighted by Gasteiger charge is -2.13. The van der Waals surface area contributed by atoms with Gasteiger partial charge in [0.15, 0.2) is 11.6 Å². The van der Waals surface area contributed by atoms with Gasteiger partial charge in [0, 0.05) is 23.4 Å². The van der Waals surface area contributed by atoms with E-state index in [0.717, 1.165) is 6.07 Å². The topological polar surface area (TPSA) is 91.3 Å². The zero-order valence-corrected chi connectivity index (χ0v) is 11.5. The Balaban J connectivity index is 2.41. The predicted octanol–water partition coefficient (Wildman–Crippen LogP) is 3.25. The van der Waals surface area contributed by atoms with E-state index >= 15 is 0 Å². The van der Waals surface area contributed by atoms with Crippen molar-refractivity contribution in [2.24, 2.45) is 5.73 Å². The van der Waals surface area contributed by atoms with E-state index in [-0.39, 0.29) is 23.4 Å². The lowest BCUT2D eigenvalue weighted by molar-refractivity contribution is -0.385. The zero-order chi connectivity index (χ0) is 15.6. The molecule has 110 valence electrons. The molecule has 2 aromatic rings. The van der Waals surface area contributed by atoms with Gasteiger partial charge < -0.3 is 10.5 Å². The molecule has 0 saturated heterocycles. The first-order valence-corrected chi connectivity index (χ1v) is 6.23. The highest BCUT2D eigenvalue weighted by Crippen LogP contribution is 2.32. The summed E-state index contributed by atoms with van der Waals surface area (Å²) in [6.45, 7) is 3.26. The third kappa shape index (κ3) is 3.14. The molecule has 0 amide bonds. The maximum atomic E-state index is 13.9. The Labute approximate surface area is 120 Å². The number of halogens is 1. The molecule has 0 spiro atoms. The summed E-state index contributed by atoms with van der Waals surface area (Å²) < 4.78 is 19.3. The number of hydrogen-bond donors (Lipinski definition) is 1. The third-order valence-electron chi connectivity index (χ3n) is 2.94. The number of aromatic nitrogens is 1. The predicted molar refractivity (Wildman–Crippen MR) is 74.7 cm³/mol. The van der Waals surface area contributed by atoms with Crippen LogP contribution in [0.25, 0.3) is 0 Å². The van der Waals surface area contributed by atoms with Gasteiger partial charge in [-0.1, -0.05) is 6.07 Å². The van der Waals surface area contributed by atoms with Crippen molar-refractivity contribution >= 4 is 5.69 Å². The van der Waals surface area contributed by atoms with Gasteiger partial charge in [0.2, 0.25) is 5.88 Å². The average molecular weight is 291 g/mol. The first-order chi connectivity index (χ1) is 9.90. The Kier molecular flexibility index (Phi) is 4.13. The number of aryl methyl sites for hydroxylation is 1. The van der Waals surface area contributed by atoms with Crippen molar-refractivity contribution in [1.82, 2.24) is 4.98 Å². The molecular formula is C14H14FN3O3. The van der Waals surface area contributed by atoms with Gasteiger partial charge in [-0.15, -0.1) is 0 Å². The Hall–Kier alpha value is -2.54. The molecule has 0 saturated carbocycles. The molecule has 2 N–H and O–H groups in total. The van der Waals surface area contributed by atoms with Gasteiger partial charge in [0.1, 0.15) is 0 Å². The Morgan fingerprint density at radius 1 is 1.48 bits per heavy atom. The van der Waals surface area contributed by atoms with Crippen molar-refractivity contribution in [2.45, 2.75) is 19.9 Å². The second-order valence-electron chi connectivity index (χ2n) is 4.61. The quantitative estimate of drug-likeness (QED) is 0.689. The second kappa shape index (κ2) is 5.84. The second-order valence-corrected chi connectivity index (χ2v) is 4.61. The molecule has 1 heterocycles. The van der Waals surface area contributed by atoms with Crippen LogP contribution in [0.3, 0.4) is 0 Å². The Morgan fingerprint density at radius 2 is 2.19 bits per heavy atom. The fraction of sp³-hybridized carbons (Fsp3) is 0.214. The van der Waals surface area contributed by atoms with E-state index in [1.165, 1.54) is 19.2 Å². The van der Waals surface area contributed by atoms with E-state index in [4.69, 9.17) is 10.5 Å². The molecule has 1 aromatic carbocycles. The normalized spacial score (nSPS) is 12.0. The van der Waals surface area contributed by atoms with Crippen molar-refractivity contribution < 1.29 is 14.1 Å². The summed E-state index contributed by atoms with van der Waals surface area (Å²) in [7, 11) is 0. The Morgan fingerprint density at radius 3 is 2.81 bits per heavy atom. The van der Waals surface area contributed by atoms with E-state index in [1.54, 1.807) is 19.1 Å². The molecule has 2 rings (SSSR count). The van der Waals surface area contributed by atoms with Crippen LogP contribution in [0.2, 0.25) is 0 Å². The molecule has 0 unspecified atom stereocenters. The molecular weight excluding hydrogens is 277 g/mol. The summed E-state index contributed by atoms with van der Waals surface area (Å²) in [6, 6.07) is 5.19. The van der Waals surface area contributed by atoms with E-state index in [9.17, 15) is 14.5 Å². The standard InChI is InChI=1S/C14H14FN3O3/c1-8-6-13(11(15)7-12(8)18(19)20)21-14-10(9(2)16)4-3-5-17-14/h3-7,9H,16H2,1-2H3/t9-/m1/s1. The summed E-state index contributed by atoms with van der Waals surface area (Å²) in [5, 5.41) is 10.8. The van der Waals surface area contributed by atoms with Crippen LogP contribution in [0.1, 0.15) is 24.1 Å². The molecule has 0 bridgehead atoms. The fourth-order valence-electron chi connectivity index (χ4n) is 1.86. The van der Waals surface area contributed by atoms with Crippen LogP contribution >= 0.6 is 0 Å². The minimum Gasteiger partial charge on any atom is -0.436 e. The maximum Gasteiger partial charge on any atom is 0.275 e. The summed E-state index contributed by atoms with van der Waals surface area (Å²) in [5.41, 5.74) is 6.42. The first kappa shape index (κ1) is 14.9. The van der Waals surface area contributed by atoms with Gasteiger partial charge in [0.25, 0.3) is 5.69 Å². The number of ether oxygens (including phenoxy) is 1. The van der Waals surface area contributed by atoms with Gasteiger partial charge in [-0.3, -0.25) is 10.1 Å². The SMILES string of the molecule is Cc1cc(Oc2ncccc2[C@@H](C)N)c(F)cc1[N+](=O)[O-]. The van der Waals surface area contributed by atoms with Crippen molar-refractivity contribution in [3.63, 3.8) is 0 Å². The van der Waals surface area contributed by atoms with Gasteiger partial charge in [-0.05, 0) is 26.0 Å². The summed E-state index contributed by atoms with van der Waals surface area (Å²) in [4.78, 5) is 14.1. The average Bonchev–Trinajstić information content (AvgIpc) is 2.42. The van der Waals surface area contributed by atoms with Crippen molar-refractivity contribution in [3.8, 4) is 11.6 Å². The number of rotatable bonds is 4. The molecule has 0 radical (unpaired) electrons. The molecule has 21 heavy (non-hydrogen) atoms. The van der Waals surface area contributed by atoms with Gasteiger partial charge in [0.05, 0.1) is 11.0 Å². The maximum absolute atomic E-state index is 13.9. The fourth-order valence-corrected chi connectivity index (χ4v) is 1.86. The molecule has 7 heteroatoms. The summed E-state index contributed by atoms with van der Waals surface area (Å²) in [6.07, 6.45) is 1.50. The van der Waals surface area contributed by atoms with Crippen LogP contribution in [0, 0.1) is 22.9 Å². The molecule has 0 aliphatic carbocycles. The van der Waals surface area contributed by atoms with E-state index in [1.807, 2.05) is 0 Å². The highest BCUT2D eigenvalue weighted by molar-refractivity contribution is 5.46. The van der Waals surface area contributed by atoms with Crippen LogP contribution in [0.4, 0.5) is 10.1 Å². The van der Waals surface area contributed by atoms with E-state index in [0.29, 0.717) is 11.1 Å². The van der Waals surface area contributed by atoms with Crippen molar-refractivity contribution in [1.29, 1.82) is 0 Å². The van der Waals surface area contributed by atoms with Crippen LogP contribution in [0.15, 0.2) is 30.5 Å². The summed E-state index contributed by atoms with van der Waals surface area (Å²) >= 11 is 0.